The number of hydrazone groups is 1. The number of hydrogen-bond acceptors (Lipinski definition) is 5. The standard InChI is InChI=1S/C20H23N5O/c1-4-24(5-2)17-13-11-16(12-14-17)21-22-19-15(3)23-25(20(19)26)18-9-7-6-8-10-18/h6-14,19H,4-5H2,1-3H3/t19-/m1/s1. The largest absolute Gasteiger partial charge is 0.372 e. The number of benzene rings is 2. The van der Waals surface area contributed by atoms with Crippen LogP contribution in [0.2, 0.25) is 0 Å². The molecule has 0 spiro atoms. The molecule has 0 aliphatic carbocycles. The number of anilines is 2. The summed E-state index contributed by atoms with van der Waals surface area (Å²) >= 11 is 0. The maximum absolute atomic E-state index is 12.6. The Hall–Kier alpha value is -3.02. The zero-order chi connectivity index (χ0) is 18.5. The third-order valence-corrected chi connectivity index (χ3v) is 4.36. The Kier molecular flexibility index (Phi) is 5.41. The number of amides is 1. The molecular formula is C20H23N5O. The van der Waals surface area contributed by atoms with Crippen molar-refractivity contribution in [3.63, 3.8) is 0 Å². The monoisotopic (exact) mass is 349 g/mol. The van der Waals surface area contributed by atoms with Crippen molar-refractivity contribution in [1.29, 1.82) is 0 Å². The first-order valence-electron chi connectivity index (χ1n) is 8.84. The highest BCUT2D eigenvalue weighted by Gasteiger charge is 2.34. The van der Waals surface area contributed by atoms with Gasteiger partial charge in [0.05, 0.1) is 17.1 Å². The Morgan fingerprint density at radius 1 is 1.04 bits per heavy atom. The van der Waals surface area contributed by atoms with Gasteiger partial charge in [-0.25, -0.2) is 0 Å². The van der Waals surface area contributed by atoms with E-state index in [1.807, 2.05) is 54.6 Å². The summed E-state index contributed by atoms with van der Waals surface area (Å²) in [5.41, 5.74) is 3.25. The van der Waals surface area contributed by atoms with E-state index in [1.54, 1.807) is 6.92 Å². The summed E-state index contributed by atoms with van der Waals surface area (Å²) in [5, 5.41) is 14.2. The third-order valence-electron chi connectivity index (χ3n) is 4.36. The van der Waals surface area contributed by atoms with E-state index < -0.39 is 6.04 Å². The first-order valence-corrected chi connectivity index (χ1v) is 8.84. The number of rotatable bonds is 6. The summed E-state index contributed by atoms with van der Waals surface area (Å²) < 4.78 is 0. The van der Waals surface area contributed by atoms with Gasteiger partial charge in [0.2, 0.25) is 0 Å². The molecule has 1 aliphatic rings. The number of azo groups is 1. The van der Waals surface area contributed by atoms with Crippen molar-refractivity contribution in [2.45, 2.75) is 26.8 Å². The molecule has 0 saturated heterocycles. The van der Waals surface area contributed by atoms with Crippen molar-refractivity contribution in [1.82, 2.24) is 0 Å². The van der Waals surface area contributed by atoms with Crippen LogP contribution in [0.25, 0.3) is 0 Å². The fraction of sp³-hybridized carbons (Fsp3) is 0.300. The maximum atomic E-state index is 12.6. The topological polar surface area (TPSA) is 60.6 Å². The van der Waals surface area contributed by atoms with Crippen LogP contribution in [0.5, 0.6) is 0 Å². The van der Waals surface area contributed by atoms with Gasteiger partial charge in [-0.3, -0.25) is 4.79 Å². The van der Waals surface area contributed by atoms with Gasteiger partial charge >= 0.3 is 0 Å². The normalized spacial score (nSPS) is 17.0. The first kappa shape index (κ1) is 17.8. The van der Waals surface area contributed by atoms with Crippen molar-refractivity contribution in [2.75, 3.05) is 23.0 Å². The van der Waals surface area contributed by atoms with Crippen molar-refractivity contribution >= 4 is 28.7 Å². The highest BCUT2D eigenvalue weighted by molar-refractivity contribution is 6.18. The summed E-state index contributed by atoms with van der Waals surface area (Å²) in [5.74, 6) is -0.183. The molecule has 3 rings (SSSR count). The number of hydrogen-bond donors (Lipinski definition) is 0. The molecule has 1 aliphatic heterocycles. The Morgan fingerprint density at radius 2 is 1.69 bits per heavy atom. The lowest BCUT2D eigenvalue weighted by molar-refractivity contribution is -0.117. The van der Waals surface area contributed by atoms with Crippen molar-refractivity contribution in [3.8, 4) is 0 Å². The van der Waals surface area contributed by atoms with Crippen LogP contribution in [0.15, 0.2) is 69.9 Å². The summed E-state index contributed by atoms with van der Waals surface area (Å²) in [7, 11) is 0. The highest BCUT2D eigenvalue weighted by atomic mass is 16.2. The van der Waals surface area contributed by atoms with Crippen LogP contribution in [0, 0.1) is 0 Å². The maximum Gasteiger partial charge on any atom is 0.280 e. The van der Waals surface area contributed by atoms with Crippen molar-refractivity contribution in [2.24, 2.45) is 15.3 Å². The van der Waals surface area contributed by atoms with E-state index in [0.717, 1.165) is 30.2 Å². The van der Waals surface area contributed by atoms with E-state index in [-0.39, 0.29) is 5.91 Å². The molecule has 0 fully saturated rings. The van der Waals surface area contributed by atoms with Gasteiger partial charge in [-0.1, -0.05) is 18.2 Å². The molecule has 2 aromatic carbocycles. The molecule has 26 heavy (non-hydrogen) atoms. The zero-order valence-electron chi connectivity index (χ0n) is 15.3. The molecule has 134 valence electrons. The second-order valence-electron chi connectivity index (χ2n) is 6.03. The van der Waals surface area contributed by atoms with E-state index in [1.165, 1.54) is 5.01 Å². The quantitative estimate of drug-likeness (QED) is 0.725. The van der Waals surface area contributed by atoms with Crippen LogP contribution in [0.1, 0.15) is 20.8 Å². The molecule has 0 bridgehead atoms. The molecule has 0 saturated carbocycles. The second-order valence-corrected chi connectivity index (χ2v) is 6.03. The average Bonchev–Trinajstić information content (AvgIpc) is 2.97. The SMILES string of the molecule is CCN(CC)c1ccc(N=N[C@H]2C(=O)N(c3ccccc3)N=C2C)cc1. The van der Waals surface area contributed by atoms with Gasteiger partial charge in [-0.05, 0) is 57.2 Å². The lowest BCUT2D eigenvalue weighted by atomic mass is 10.2. The van der Waals surface area contributed by atoms with Crippen LogP contribution >= 0.6 is 0 Å². The summed E-state index contributed by atoms with van der Waals surface area (Å²) in [6.45, 7) is 7.97. The highest BCUT2D eigenvalue weighted by Crippen LogP contribution is 2.24. The molecule has 6 nitrogen and oxygen atoms in total. The molecule has 0 unspecified atom stereocenters. The van der Waals surface area contributed by atoms with Gasteiger partial charge in [0.25, 0.3) is 5.91 Å². The van der Waals surface area contributed by atoms with Gasteiger partial charge in [-0.2, -0.15) is 20.3 Å². The van der Waals surface area contributed by atoms with Gasteiger partial charge in [0.1, 0.15) is 0 Å². The van der Waals surface area contributed by atoms with E-state index in [0.29, 0.717) is 5.71 Å². The summed E-state index contributed by atoms with van der Waals surface area (Å²) in [6, 6.07) is 16.6. The molecule has 1 atom stereocenters. The molecule has 1 heterocycles. The molecule has 6 heteroatoms. The minimum absolute atomic E-state index is 0.183. The smallest absolute Gasteiger partial charge is 0.280 e. The fourth-order valence-corrected chi connectivity index (χ4v) is 2.89. The molecule has 2 aromatic rings. The van der Waals surface area contributed by atoms with Crippen LogP contribution in [-0.4, -0.2) is 30.8 Å². The number of nitrogens with zero attached hydrogens (tertiary/aromatic N) is 5. The molecular weight excluding hydrogens is 326 g/mol. The zero-order valence-corrected chi connectivity index (χ0v) is 15.3. The van der Waals surface area contributed by atoms with E-state index >= 15 is 0 Å². The van der Waals surface area contributed by atoms with Gasteiger partial charge in [0, 0.05) is 18.8 Å². The minimum atomic E-state index is -0.669. The Morgan fingerprint density at radius 3 is 2.31 bits per heavy atom. The van der Waals surface area contributed by atoms with Crippen LogP contribution in [0.4, 0.5) is 17.1 Å². The summed E-state index contributed by atoms with van der Waals surface area (Å²) in [6.07, 6.45) is 0. The predicted molar refractivity (Wildman–Crippen MR) is 105 cm³/mol. The molecule has 0 N–H and O–H groups in total. The third kappa shape index (κ3) is 3.64. The Balaban J connectivity index is 1.73. The minimum Gasteiger partial charge on any atom is -0.372 e. The number of carbonyl (C=O) groups is 1. The molecule has 0 aromatic heterocycles. The lowest BCUT2D eigenvalue weighted by Gasteiger charge is -2.20. The molecule has 1 amide bonds. The van der Waals surface area contributed by atoms with Crippen LogP contribution < -0.4 is 9.91 Å². The Labute approximate surface area is 153 Å². The average molecular weight is 349 g/mol. The van der Waals surface area contributed by atoms with E-state index in [9.17, 15) is 4.79 Å². The first-order chi connectivity index (χ1) is 12.6. The fourth-order valence-electron chi connectivity index (χ4n) is 2.89. The number of para-hydroxylation sites is 1. The lowest BCUT2D eigenvalue weighted by Crippen LogP contribution is -2.29. The van der Waals surface area contributed by atoms with Crippen LogP contribution in [0.3, 0.4) is 0 Å². The van der Waals surface area contributed by atoms with Crippen LogP contribution in [-0.2, 0) is 4.79 Å². The number of carbonyl (C=O) groups excluding carboxylic acids is 1. The van der Waals surface area contributed by atoms with E-state index in [2.05, 4.69) is 34.1 Å². The predicted octanol–water partition coefficient (Wildman–Crippen LogP) is 4.41. The van der Waals surface area contributed by atoms with Gasteiger partial charge in [-0.15, -0.1) is 0 Å². The van der Waals surface area contributed by atoms with Crippen molar-refractivity contribution < 1.29 is 4.79 Å². The summed E-state index contributed by atoms with van der Waals surface area (Å²) in [4.78, 5) is 14.9. The van der Waals surface area contributed by atoms with Gasteiger partial charge < -0.3 is 4.90 Å². The molecule has 0 radical (unpaired) electrons. The van der Waals surface area contributed by atoms with E-state index in [4.69, 9.17) is 0 Å². The Bertz CT molecular complexity index is 810. The van der Waals surface area contributed by atoms with Crippen molar-refractivity contribution in [3.05, 3.63) is 54.6 Å². The van der Waals surface area contributed by atoms with Gasteiger partial charge in [0.15, 0.2) is 6.04 Å². The second kappa shape index (κ2) is 7.91.